The molecule has 0 saturated carbocycles. The first-order valence-corrected chi connectivity index (χ1v) is 15.5. The van der Waals surface area contributed by atoms with E-state index in [9.17, 15) is 19.5 Å². The Labute approximate surface area is 278 Å². The third-order valence-electron chi connectivity index (χ3n) is 7.93. The summed E-state index contributed by atoms with van der Waals surface area (Å²) >= 11 is 0. The number of benzene rings is 5. The Kier molecular flexibility index (Phi) is 9.69. The highest BCUT2D eigenvalue weighted by Gasteiger charge is 2.22. The Morgan fingerprint density at radius 2 is 1.40 bits per heavy atom. The number of carbonyl (C=O) groups is 3. The number of aliphatic carboxylic acids is 1. The van der Waals surface area contributed by atoms with E-state index in [4.69, 9.17) is 9.83 Å². The average molecular weight is 639 g/mol. The van der Waals surface area contributed by atoms with E-state index in [1.807, 2.05) is 66.7 Å². The molecular weight excluding hydrogens is 604 g/mol. The molecule has 1 aliphatic rings. The number of hydroxylamine groups is 1. The highest BCUT2D eigenvalue weighted by atomic mass is 16.7. The van der Waals surface area contributed by atoms with Crippen LogP contribution in [-0.4, -0.2) is 40.2 Å². The number of rotatable bonds is 11. The van der Waals surface area contributed by atoms with Crippen molar-refractivity contribution in [3.8, 4) is 11.1 Å². The molecule has 240 valence electrons. The smallest absolute Gasteiger partial charge is 0.323 e. The number of anilines is 1. The molecule has 0 aliphatic carbocycles. The SMILES string of the molecule is Cc1ccc(-c2ccc(C3N=C(c4ccc(CN(CC(=O)O)C(=O)c5ccc(NC(=O)Cc6ccccc6)cc5)cc4)NO3)cc2)cc1. The van der Waals surface area contributed by atoms with Crippen molar-refractivity contribution in [3.05, 3.63) is 161 Å². The van der Waals surface area contributed by atoms with Crippen LogP contribution in [0.4, 0.5) is 5.69 Å². The summed E-state index contributed by atoms with van der Waals surface area (Å²) in [5.41, 5.74) is 10.6. The van der Waals surface area contributed by atoms with Crippen molar-refractivity contribution in [2.24, 2.45) is 4.99 Å². The zero-order chi connectivity index (χ0) is 33.5. The van der Waals surface area contributed by atoms with Crippen LogP contribution in [-0.2, 0) is 27.4 Å². The average Bonchev–Trinajstić information content (AvgIpc) is 3.60. The first-order valence-electron chi connectivity index (χ1n) is 15.5. The van der Waals surface area contributed by atoms with Crippen LogP contribution in [0, 0.1) is 6.92 Å². The van der Waals surface area contributed by atoms with Gasteiger partial charge in [-0.3, -0.25) is 14.4 Å². The van der Waals surface area contributed by atoms with Crippen molar-refractivity contribution in [3.63, 3.8) is 0 Å². The van der Waals surface area contributed by atoms with E-state index in [-0.39, 0.29) is 18.9 Å². The zero-order valence-corrected chi connectivity index (χ0v) is 26.3. The summed E-state index contributed by atoms with van der Waals surface area (Å²) in [4.78, 5) is 49.1. The quantitative estimate of drug-likeness (QED) is 0.151. The van der Waals surface area contributed by atoms with Crippen LogP contribution in [0.15, 0.2) is 132 Å². The summed E-state index contributed by atoms with van der Waals surface area (Å²) in [7, 11) is 0. The van der Waals surface area contributed by atoms with Crippen LogP contribution < -0.4 is 10.8 Å². The number of carboxylic acid groups (broad SMARTS) is 1. The maximum Gasteiger partial charge on any atom is 0.323 e. The van der Waals surface area contributed by atoms with Crippen LogP contribution in [0.3, 0.4) is 0 Å². The van der Waals surface area contributed by atoms with Crippen LogP contribution in [0.25, 0.3) is 11.1 Å². The standard InChI is InChI=1S/C39H34N4O5/c1-26-7-11-29(12-8-26)30-15-17-32(18-16-30)38-41-37(42-48-38)31-13-9-28(10-14-31)24-43(25-36(45)46)39(47)33-19-21-34(22-20-33)40-35(44)23-27-5-3-2-4-6-27/h2-22,38H,23-25H2,1H3,(H,40,44)(H,41,42)(H,45,46). The van der Waals surface area contributed by atoms with Crippen molar-refractivity contribution in [2.45, 2.75) is 26.1 Å². The number of carbonyl (C=O) groups excluding carboxylic acids is 2. The molecule has 6 rings (SSSR count). The molecular formula is C39H34N4O5. The lowest BCUT2D eigenvalue weighted by molar-refractivity contribution is -0.137. The highest BCUT2D eigenvalue weighted by molar-refractivity contribution is 5.99. The lowest BCUT2D eigenvalue weighted by atomic mass is 10.0. The third kappa shape index (κ3) is 8.01. The molecule has 1 unspecified atom stereocenters. The molecule has 0 aromatic heterocycles. The van der Waals surface area contributed by atoms with Gasteiger partial charge >= 0.3 is 5.97 Å². The Hall–Kier alpha value is -6.06. The van der Waals surface area contributed by atoms with E-state index < -0.39 is 24.6 Å². The molecule has 2 amide bonds. The zero-order valence-electron chi connectivity index (χ0n) is 26.3. The van der Waals surface area contributed by atoms with Crippen molar-refractivity contribution >= 4 is 29.3 Å². The second kappa shape index (κ2) is 14.6. The van der Waals surface area contributed by atoms with E-state index in [2.05, 4.69) is 54.1 Å². The summed E-state index contributed by atoms with van der Waals surface area (Å²) < 4.78 is 0. The fourth-order valence-corrected chi connectivity index (χ4v) is 5.36. The van der Waals surface area contributed by atoms with Gasteiger partial charge in [-0.15, -0.1) is 0 Å². The molecule has 1 heterocycles. The van der Waals surface area contributed by atoms with Gasteiger partial charge in [0.15, 0.2) is 5.84 Å². The maximum atomic E-state index is 13.4. The summed E-state index contributed by atoms with van der Waals surface area (Å²) in [6, 6.07) is 39.7. The number of amidine groups is 1. The van der Waals surface area contributed by atoms with Gasteiger partial charge in [-0.05, 0) is 53.4 Å². The first kappa shape index (κ1) is 31.9. The molecule has 0 bridgehead atoms. The lowest BCUT2D eigenvalue weighted by Gasteiger charge is -2.21. The van der Waals surface area contributed by atoms with Crippen molar-refractivity contribution < 1.29 is 24.3 Å². The minimum atomic E-state index is -1.12. The predicted octanol–water partition coefficient (Wildman–Crippen LogP) is 6.55. The fraction of sp³-hybridized carbons (Fsp3) is 0.128. The topological polar surface area (TPSA) is 120 Å². The van der Waals surface area contributed by atoms with Gasteiger partial charge < -0.3 is 15.3 Å². The van der Waals surface area contributed by atoms with E-state index in [0.29, 0.717) is 17.1 Å². The van der Waals surface area contributed by atoms with Gasteiger partial charge in [0.2, 0.25) is 12.1 Å². The van der Waals surface area contributed by atoms with Gasteiger partial charge in [0, 0.05) is 28.9 Å². The number of hydrogen-bond donors (Lipinski definition) is 3. The van der Waals surface area contributed by atoms with Gasteiger partial charge in [0.25, 0.3) is 5.91 Å². The maximum absolute atomic E-state index is 13.4. The molecule has 0 radical (unpaired) electrons. The number of carboxylic acids is 1. The summed E-state index contributed by atoms with van der Waals surface area (Å²) in [6.07, 6.45) is -0.272. The summed E-state index contributed by atoms with van der Waals surface area (Å²) in [5, 5.41) is 12.4. The minimum absolute atomic E-state index is 0.0906. The second-order valence-corrected chi connectivity index (χ2v) is 11.6. The number of amides is 2. The number of hydrogen-bond acceptors (Lipinski definition) is 6. The molecule has 48 heavy (non-hydrogen) atoms. The summed E-state index contributed by atoms with van der Waals surface area (Å²) in [5.74, 6) is -1.16. The molecule has 3 N–H and O–H groups in total. The van der Waals surface area contributed by atoms with Gasteiger partial charge in [-0.2, -0.15) is 0 Å². The van der Waals surface area contributed by atoms with Crippen LogP contribution >= 0.6 is 0 Å². The largest absolute Gasteiger partial charge is 0.480 e. The molecule has 0 fully saturated rings. The summed E-state index contributed by atoms with van der Waals surface area (Å²) in [6.45, 7) is 1.69. The van der Waals surface area contributed by atoms with Gasteiger partial charge in [-0.1, -0.05) is 109 Å². The number of nitrogens with zero attached hydrogens (tertiary/aromatic N) is 2. The van der Waals surface area contributed by atoms with Gasteiger partial charge in [0.1, 0.15) is 6.54 Å². The van der Waals surface area contributed by atoms with E-state index in [0.717, 1.165) is 33.4 Å². The molecule has 5 aromatic carbocycles. The van der Waals surface area contributed by atoms with Crippen LogP contribution in [0.5, 0.6) is 0 Å². The minimum Gasteiger partial charge on any atom is -0.480 e. The van der Waals surface area contributed by atoms with E-state index >= 15 is 0 Å². The monoisotopic (exact) mass is 638 g/mol. The fourth-order valence-electron chi connectivity index (χ4n) is 5.36. The van der Waals surface area contributed by atoms with Crippen molar-refractivity contribution in [1.82, 2.24) is 10.4 Å². The second-order valence-electron chi connectivity index (χ2n) is 11.6. The number of aryl methyl sites for hydroxylation is 1. The Morgan fingerprint density at radius 1 is 0.771 bits per heavy atom. The first-order chi connectivity index (χ1) is 23.3. The lowest BCUT2D eigenvalue weighted by Crippen LogP contribution is -2.35. The predicted molar refractivity (Wildman–Crippen MR) is 184 cm³/mol. The molecule has 5 aromatic rings. The third-order valence-corrected chi connectivity index (χ3v) is 7.93. The Morgan fingerprint density at radius 3 is 2.04 bits per heavy atom. The molecule has 9 heteroatoms. The molecule has 0 saturated heterocycles. The Bertz CT molecular complexity index is 1920. The normalized spacial score (nSPS) is 13.7. The number of aliphatic imine (C=N–C) groups is 1. The van der Waals surface area contributed by atoms with Crippen molar-refractivity contribution in [2.75, 3.05) is 11.9 Å². The van der Waals surface area contributed by atoms with Crippen LogP contribution in [0.2, 0.25) is 0 Å². The molecule has 0 spiro atoms. The molecule has 9 nitrogen and oxygen atoms in total. The highest BCUT2D eigenvalue weighted by Crippen LogP contribution is 2.27. The van der Waals surface area contributed by atoms with E-state index in [1.54, 1.807) is 24.3 Å². The Balaban J connectivity index is 1.08. The van der Waals surface area contributed by atoms with Crippen LogP contribution in [0.1, 0.15) is 44.4 Å². The van der Waals surface area contributed by atoms with E-state index in [1.165, 1.54) is 10.5 Å². The van der Waals surface area contributed by atoms with Gasteiger partial charge in [0.05, 0.1) is 6.42 Å². The van der Waals surface area contributed by atoms with Gasteiger partial charge in [-0.25, -0.2) is 15.3 Å². The number of nitrogens with one attached hydrogen (secondary N) is 2. The molecule has 1 atom stereocenters. The molecule has 1 aliphatic heterocycles. The van der Waals surface area contributed by atoms with Crippen molar-refractivity contribution in [1.29, 1.82) is 0 Å².